The predicted octanol–water partition coefficient (Wildman–Crippen LogP) is 0.240. The quantitative estimate of drug-likeness (QED) is 0.533. The average Bonchev–Trinajstić information content (AvgIpc) is 2.34. The Kier molecular flexibility index (Phi) is 2.06. The summed E-state index contributed by atoms with van der Waals surface area (Å²) in [5.74, 6) is -0.323. The number of hydrogen-bond acceptors (Lipinski definition) is 3. The van der Waals surface area contributed by atoms with Crippen LogP contribution in [0.4, 0.5) is 0 Å². The minimum atomic E-state index is -0.450. The molecule has 1 N–H and O–H groups in total. The van der Waals surface area contributed by atoms with Gasteiger partial charge in [0.1, 0.15) is 0 Å². The largest absolute Gasteiger partial charge is 0.466 e. The van der Waals surface area contributed by atoms with Gasteiger partial charge in [0.15, 0.2) is 0 Å². The number of carbonyl (C=O) groups excluding carboxylic acids is 1. The second-order valence-corrected chi connectivity index (χ2v) is 2.29. The van der Waals surface area contributed by atoms with Gasteiger partial charge >= 0.3 is 5.97 Å². The molecule has 1 aliphatic rings. The van der Waals surface area contributed by atoms with Crippen LogP contribution in [0.5, 0.6) is 0 Å². The molecule has 1 atom stereocenters. The van der Waals surface area contributed by atoms with Crippen LogP contribution >= 0.6 is 0 Å². The molecule has 3 heteroatoms. The van der Waals surface area contributed by atoms with E-state index in [1.165, 1.54) is 7.11 Å². The zero-order valence-corrected chi connectivity index (χ0v) is 5.83. The van der Waals surface area contributed by atoms with Crippen molar-refractivity contribution in [3.63, 3.8) is 0 Å². The molecule has 0 fully saturated rings. The summed E-state index contributed by atoms with van der Waals surface area (Å²) in [7, 11) is 1.34. The smallest absolute Gasteiger partial charge is 0.333 e. The molecule has 56 valence electrons. The second-order valence-electron chi connectivity index (χ2n) is 2.29. The normalized spacial score (nSPS) is 24.2. The molecule has 0 heterocycles. The Balaban J connectivity index is 2.57. The van der Waals surface area contributed by atoms with E-state index < -0.39 is 6.10 Å². The molecule has 10 heavy (non-hydrogen) atoms. The van der Waals surface area contributed by atoms with Crippen molar-refractivity contribution in [2.75, 3.05) is 7.11 Å². The van der Waals surface area contributed by atoms with Crippen molar-refractivity contribution in [1.82, 2.24) is 0 Å². The first-order chi connectivity index (χ1) is 4.74. The topological polar surface area (TPSA) is 46.5 Å². The van der Waals surface area contributed by atoms with Gasteiger partial charge in [-0.25, -0.2) is 4.79 Å². The van der Waals surface area contributed by atoms with Crippen LogP contribution in [0.3, 0.4) is 0 Å². The third-order valence-electron chi connectivity index (χ3n) is 1.55. The molecular formula is C7H10O3. The van der Waals surface area contributed by atoms with Crippen molar-refractivity contribution >= 4 is 5.97 Å². The Bertz CT molecular complexity index is 172. The van der Waals surface area contributed by atoms with Gasteiger partial charge in [-0.05, 0) is 18.9 Å². The number of rotatable bonds is 1. The Morgan fingerprint density at radius 3 is 3.00 bits per heavy atom. The molecule has 0 aromatic carbocycles. The number of methoxy groups -OCH3 is 1. The van der Waals surface area contributed by atoms with Gasteiger partial charge in [-0.15, -0.1) is 0 Å². The Hall–Kier alpha value is -0.830. The third-order valence-corrected chi connectivity index (χ3v) is 1.55. The fourth-order valence-corrected chi connectivity index (χ4v) is 1.00. The SMILES string of the molecule is COC(=O)C1=CC(O)CC1. The summed E-state index contributed by atoms with van der Waals surface area (Å²) in [6, 6.07) is 0. The molecule has 0 saturated heterocycles. The molecule has 0 saturated carbocycles. The number of ether oxygens (including phenoxy) is 1. The molecule has 1 unspecified atom stereocenters. The highest BCUT2D eigenvalue weighted by molar-refractivity contribution is 5.88. The lowest BCUT2D eigenvalue weighted by Crippen LogP contribution is -2.01. The minimum Gasteiger partial charge on any atom is -0.466 e. The molecule has 0 radical (unpaired) electrons. The lowest BCUT2D eigenvalue weighted by atomic mass is 10.2. The van der Waals surface area contributed by atoms with Crippen LogP contribution in [0.2, 0.25) is 0 Å². The highest BCUT2D eigenvalue weighted by Crippen LogP contribution is 2.18. The molecular weight excluding hydrogens is 132 g/mol. The number of esters is 1. The predicted molar refractivity (Wildman–Crippen MR) is 35.3 cm³/mol. The van der Waals surface area contributed by atoms with Gasteiger partial charge < -0.3 is 9.84 Å². The first-order valence-corrected chi connectivity index (χ1v) is 3.21. The first kappa shape index (κ1) is 7.28. The number of aliphatic hydroxyl groups is 1. The Morgan fingerprint density at radius 2 is 2.60 bits per heavy atom. The molecule has 0 aliphatic heterocycles. The summed E-state index contributed by atoms with van der Waals surface area (Å²) < 4.78 is 4.46. The molecule has 0 aromatic heterocycles. The molecule has 3 nitrogen and oxygen atoms in total. The van der Waals surface area contributed by atoms with Crippen LogP contribution in [0.15, 0.2) is 11.6 Å². The Labute approximate surface area is 59.3 Å². The van der Waals surface area contributed by atoms with Crippen LogP contribution in [-0.2, 0) is 9.53 Å². The lowest BCUT2D eigenvalue weighted by Gasteiger charge is -1.95. The number of aliphatic hydroxyl groups excluding tert-OH is 1. The second kappa shape index (κ2) is 2.84. The van der Waals surface area contributed by atoms with Gasteiger partial charge in [-0.2, -0.15) is 0 Å². The van der Waals surface area contributed by atoms with Gasteiger partial charge in [-0.3, -0.25) is 0 Å². The van der Waals surface area contributed by atoms with Crippen molar-refractivity contribution < 1.29 is 14.6 Å². The fraction of sp³-hybridized carbons (Fsp3) is 0.571. The van der Waals surface area contributed by atoms with Gasteiger partial charge in [0.05, 0.1) is 13.2 Å². The van der Waals surface area contributed by atoms with E-state index in [4.69, 9.17) is 5.11 Å². The lowest BCUT2D eigenvalue weighted by molar-refractivity contribution is -0.136. The van der Waals surface area contributed by atoms with E-state index in [2.05, 4.69) is 4.74 Å². The molecule has 0 amide bonds. The monoisotopic (exact) mass is 142 g/mol. The summed E-state index contributed by atoms with van der Waals surface area (Å²) in [6.07, 6.45) is 2.37. The minimum absolute atomic E-state index is 0.323. The van der Waals surface area contributed by atoms with E-state index in [9.17, 15) is 4.79 Å². The molecule has 0 bridgehead atoms. The molecule has 1 aliphatic carbocycles. The third kappa shape index (κ3) is 1.36. The van der Waals surface area contributed by atoms with Crippen molar-refractivity contribution in [3.8, 4) is 0 Å². The van der Waals surface area contributed by atoms with Crippen LogP contribution in [0, 0.1) is 0 Å². The zero-order valence-electron chi connectivity index (χ0n) is 5.83. The van der Waals surface area contributed by atoms with E-state index in [0.717, 1.165) is 0 Å². The fourth-order valence-electron chi connectivity index (χ4n) is 1.00. The number of hydrogen-bond donors (Lipinski definition) is 1. The molecule has 0 aromatic rings. The zero-order chi connectivity index (χ0) is 7.56. The summed E-state index contributed by atoms with van der Waals surface area (Å²) >= 11 is 0. The molecule has 1 rings (SSSR count). The van der Waals surface area contributed by atoms with Gasteiger partial charge in [0.2, 0.25) is 0 Å². The maximum atomic E-state index is 10.8. The van der Waals surface area contributed by atoms with Crippen LogP contribution in [0.1, 0.15) is 12.8 Å². The average molecular weight is 142 g/mol. The van der Waals surface area contributed by atoms with Crippen molar-refractivity contribution in [2.45, 2.75) is 18.9 Å². The highest BCUT2D eigenvalue weighted by Gasteiger charge is 2.18. The van der Waals surface area contributed by atoms with Crippen LogP contribution in [-0.4, -0.2) is 24.3 Å². The maximum Gasteiger partial charge on any atom is 0.333 e. The standard InChI is InChI=1S/C7H10O3/c1-10-7(9)5-2-3-6(8)4-5/h4,6,8H,2-3H2,1H3. The molecule has 0 spiro atoms. The van der Waals surface area contributed by atoms with Gasteiger partial charge in [-0.1, -0.05) is 0 Å². The maximum absolute atomic E-state index is 10.8. The van der Waals surface area contributed by atoms with Gasteiger partial charge in [0, 0.05) is 5.57 Å². The van der Waals surface area contributed by atoms with Gasteiger partial charge in [0.25, 0.3) is 0 Å². The van der Waals surface area contributed by atoms with E-state index in [1.807, 2.05) is 0 Å². The highest BCUT2D eigenvalue weighted by atomic mass is 16.5. The number of carbonyl (C=O) groups is 1. The van der Waals surface area contributed by atoms with E-state index in [-0.39, 0.29) is 5.97 Å². The van der Waals surface area contributed by atoms with Crippen LogP contribution in [0.25, 0.3) is 0 Å². The van der Waals surface area contributed by atoms with Crippen LogP contribution < -0.4 is 0 Å². The van der Waals surface area contributed by atoms with E-state index in [0.29, 0.717) is 18.4 Å². The van der Waals surface area contributed by atoms with Crippen molar-refractivity contribution in [2.24, 2.45) is 0 Å². The summed E-state index contributed by atoms with van der Waals surface area (Å²) in [5.41, 5.74) is 0.593. The summed E-state index contributed by atoms with van der Waals surface area (Å²) in [4.78, 5) is 10.8. The van der Waals surface area contributed by atoms with E-state index in [1.54, 1.807) is 6.08 Å². The van der Waals surface area contributed by atoms with Crippen molar-refractivity contribution in [3.05, 3.63) is 11.6 Å². The summed E-state index contributed by atoms with van der Waals surface area (Å²) in [5, 5.41) is 8.96. The van der Waals surface area contributed by atoms with E-state index >= 15 is 0 Å². The summed E-state index contributed by atoms with van der Waals surface area (Å²) in [6.45, 7) is 0. The van der Waals surface area contributed by atoms with Crippen molar-refractivity contribution in [1.29, 1.82) is 0 Å². The first-order valence-electron chi connectivity index (χ1n) is 3.21. The Morgan fingerprint density at radius 1 is 1.90 bits per heavy atom.